The first-order valence-electron chi connectivity index (χ1n) is 3.96. The summed E-state index contributed by atoms with van der Waals surface area (Å²) in [5.74, 6) is 0. The summed E-state index contributed by atoms with van der Waals surface area (Å²) < 4.78 is 5.37. The Hall–Kier alpha value is -1.44. The highest BCUT2D eigenvalue weighted by atomic mass is 127. The molecule has 1 heterocycles. The van der Waals surface area contributed by atoms with Crippen LogP contribution in [0.15, 0.2) is 33.5 Å². The lowest BCUT2D eigenvalue weighted by Gasteiger charge is -1.99. The van der Waals surface area contributed by atoms with Gasteiger partial charge in [-0.2, -0.15) is 0 Å². The van der Waals surface area contributed by atoms with E-state index in [9.17, 15) is 14.9 Å². The molecule has 1 aromatic heterocycles. The maximum atomic E-state index is 10.9. The van der Waals surface area contributed by atoms with Crippen LogP contribution in [0.2, 0.25) is 0 Å². The molecule has 0 radical (unpaired) electrons. The zero-order valence-corrected chi connectivity index (χ0v) is 9.43. The number of nitrogens with zero attached hydrogens (tertiary/aromatic N) is 1. The number of hydrogen-bond donors (Lipinski definition) is 0. The van der Waals surface area contributed by atoms with Crippen LogP contribution >= 0.6 is 22.6 Å². The van der Waals surface area contributed by atoms with Gasteiger partial charge in [-0.25, -0.2) is 4.79 Å². The Morgan fingerprint density at radius 2 is 2.00 bits per heavy atom. The Morgan fingerprint density at radius 3 is 2.67 bits per heavy atom. The third kappa shape index (κ3) is 1.72. The van der Waals surface area contributed by atoms with Crippen molar-refractivity contribution in [3.8, 4) is 0 Å². The zero-order valence-electron chi connectivity index (χ0n) is 7.27. The van der Waals surface area contributed by atoms with Gasteiger partial charge in [0.05, 0.1) is 4.92 Å². The van der Waals surface area contributed by atoms with Crippen LogP contribution in [-0.2, 0) is 0 Å². The van der Waals surface area contributed by atoms with E-state index in [1.165, 1.54) is 24.3 Å². The smallest absolute Gasteiger partial charge is 0.336 e. The van der Waals surface area contributed by atoms with E-state index in [1.807, 2.05) is 22.6 Å². The molecule has 0 aliphatic heterocycles. The summed E-state index contributed by atoms with van der Waals surface area (Å²) in [6, 6.07) is 5.52. The summed E-state index contributed by atoms with van der Waals surface area (Å²) >= 11 is 1.86. The lowest BCUT2D eigenvalue weighted by atomic mass is 10.2. The van der Waals surface area contributed by atoms with Gasteiger partial charge in [0.25, 0.3) is 5.69 Å². The minimum absolute atomic E-state index is 0.0111. The van der Waals surface area contributed by atoms with Gasteiger partial charge in [0.1, 0.15) is 9.15 Å². The second kappa shape index (κ2) is 3.61. The summed E-state index contributed by atoms with van der Waals surface area (Å²) in [5, 5.41) is 11.2. The minimum atomic E-state index is -0.466. The topological polar surface area (TPSA) is 73.3 Å². The van der Waals surface area contributed by atoms with Gasteiger partial charge >= 0.3 is 5.63 Å². The number of benzene rings is 1. The number of halogens is 1. The highest BCUT2D eigenvalue weighted by molar-refractivity contribution is 14.1. The fourth-order valence-electron chi connectivity index (χ4n) is 1.24. The van der Waals surface area contributed by atoms with E-state index in [2.05, 4.69) is 0 Å². The standard InChI is InChI=1S/C9H4INO4/c10-9-5-1-4-8(12)15-7(5)3-2-6(9)11(13)14/h1-4H. The molecule has 76 valence electrons. The molecule has 0 N–H and O–H groups in total. The molecule has 5 nitrogen and oxygen atoms in total. The number of nitro benzene ring substituents is 1. The fraction of sp³-hybridized carbons (Fsp3) is 0. The molecular formula is C9H4INO4. The summed E-state index contributed by atoms with van der Waals surface area (Å²) in [4.78, 5) is 21.1. The molecule has 0 saturated heterocycles. The highest BCUT2D eigenvalue weighted by Crippen LogP contribution is 2.28. The lowest BCUT2D eigenvalue weighted by Crippen LogP contribution is -1.97. The molecule has 0 bridgehead atoms. The predicted molar refractivity (Wildman–Crippen MR) is 61.9 cm³/mol. The van der Waals surface area contributed by atoms with Gasteiger partial charge in [0, 0.05) is 17.5 Å². The van der Waals surface area contributed by atoms with Gasteiger partial charge in [-0.3, -0.25) is 10.1 Å². The second-order valence-electron chi connectivity index (χ2n) is 2.82. The third-order valence-corrected chi connectivity index (χ3v) is 3.05. The van der Waals surface area contributed by atoms with Crippen molar-refractivity contribution in [3.05, 3.63) is 48.4 Å². The molecule has 0 fully saturated rings. The Balaban J connectivity index is 2.85. The molecule has 2 aromatic rings. The fourth-order valence-corrected chi connectivity index (χ4v) is 2.07. The van der Waals surface area contributed by atoms with Gasteiger partial charge in [-0.1, -0.05) is 0 Å². The van der Waals surface area contributed by atoms with E-state index in [4.69, 9.17) is 4.42 Å². The third-order valence-electron chi connectivity index (χ3n) is 1.91. The average molecular weight is 317 g/mol. The molecule has 0 spiro atoms. The summed E-state index contributed by atoms with van der Waals surface area (Å²) in [6.45, 7) is 0. The van der Waals surface area contributed by atoms with E-state index in [0.29, 0.717) is 14.5 Å². The van der Waals surface area contributed by atoms with Gasteiger partial charge in [-0.15, -0.1) is 0 Å². The van der Waals surface area contributed by atoms with E-state index in [1.54, 1.807) is 0 Å². The molecule has 0 aliphatic rings. The minimum Gasteiger partial charge on any atom is -0.423 e. The number of rotatable bonds is 1. The van der Waals surface area contributed by atoms with E-state index >= 15 is 0 Å². The van der Waals surface area contributed by atoms with E-state index in [-0.39, 0.29) is 5.69 Å². The lowest BCUT2D eigenvalue weighted by molar-refractivity contribution is -0.385. The Morgan fingerprint density at radius 1 is 1.27 bits per heavy atom. The van der Waals surface area contributed by atoms with Crippen molar-refractivity contribution in [1.82, 2.24) is 0 Å². The quantitative estimate of drug-likeness (QED) is 0.350. The van der Waals surface area contributed by atoms with Crippen molar-refractivity contribution in [3.63, 3.8) is 0 Å². The van der Waals surface area contributed by atoms with Crippen LogP contribution in [0.3, 0.4) is 0 Å². The maximum Gasteiger partial charge on any atom is 0.336 e. The van der Waals surface area contributed by atoms with Crippen LogP contribution in [0.4, 0.5) is 5.69 Å². The van der Waals surface area contributed by atoms with Crippen molar-refractivity contribution in [2.75, 3.05) is 0 Å². The largest absolute Gasteiger partial charge is 0.423 e. The zero-order chi connectivity index (χ0) is 11.0. The molecule has 2 rings (SSSR count). The first-order chi connectivity index (χ1) is 7.09. The maximum absolute atomic E-state index is 10.9. The SMILES string of the molecule is O=c1ccc2c(I)c([N+](=O)[O-])ccc2o1. The monoisotopic (exact) mass is 317 g/mol. The molecule has 0 saturated carbocycles. The molecule has 0 aliphatic carbocycles. The van der Waals surface area contributed by atoms with Crippen LogP contribution < -0.4 is 5.63 Å². The molecule has 0 unspecified atom stereocenters. The van der Waals surface area contributed by atoms with Crippen molar-refractivity contribution >= 4 is 39.2 Å². The molecule has 0 amide bonds. The molecule has 15 heavy (non-hydrogen) atoms. The van der Waals surface area contributed by atoms with E-state index < -0.39 is 10.5 Å². The predicted octanol–water partition coefficient (Wildman–Crippen LogP) is 2.31. The van der Waals surface area contributed by atoms with Crippen LogP contribution in [0.5, 0.6) is 0 Å². The summed E-state index contributed by atoms with van der Waals surface area (Å²) in [7, 11) is 0. The Kier molecular flexibility index (Phi) is 2.43. The van der Waals surface area contributed by atoms with E-state index in [0.717, 1.165) is 0 Å². The average Bonchev–Trinajstić information content (AvgIpc) is 2.17. The van der Waals surface area contributed by atoms with Crippen LogP contribution in [0.25, 0.3) is 11.0 Å². The molecular weight excluding hydrogens is 313 g/mol. The van der Waals surface area contributed by atoms with Gasteiger partial charge in [-0.05, 0) is 34.7 Å². The van der Waals surface area contributed by atoms with Gasteiger partial charge < -0.3 is 4.42 Å². The first kappa shape index (κ1) is 10.1. The second-order valence-corrected chi connectivity index (χ2v) is 3.90. The Bertz CT molecular complexity index is 605. The summed E-state index contributed by atoms with van der Waals surface area (Å²) in [5.41, 5.74) is -0.0957. The first-order valence-corrected chi connectivity index (χ1v) is 5.04. The van der Waals surface area contributed by atoms with Crippen LogP contribution in [-0.4, -0.2) is 4.92 Å². The van der Waals surface area contributed by atoms with Crippen molar-refractivity contribution in [2.24, 2.45) is 0 Å². The molecule has 6 heteroatoms. The van der Waals surface area contributed by atoms with Crippen molar-refractivity contribution in [1.29, 1.82) is 0 Å². The van der Waals surface area contributed by atoms with Gasteiger partial charge in [0.2, 0.25) is 0 Å². The summed E-state index contributed by atoms with van der Waals surface area (Å²) in [6.07, 6.45) is 0. The van der Waals surface area contributed by atoms with Crippen LogP contribution in [0, 0.1) is 13.7 Å². The number of nitro groups is 1. The molecule has 1 aromatic carbocycles. The Labute approximate surface area is 97.0 Å². The van der Waals surface area contributed by atoms with Gasteiger partial charge in [0.15, 0.2) is 0 Å². The number of fused-ring (bicyclic) bond motifs is 1. The van der Waals surface area contributed by atoms with Crippen molar-refractivity contribution < 1.29 is 9.34 Å². The molecule has 0 atom stereocenters. The number of hydrogen-bond acceptors (Lipinski definition) is 4. The highest BCUT2D eigenvalue weighted by Gasteiger charge is 2.15. The van der Waals surface area contributed by atoms with Crippen LogP contribution in [0.1, 0.15) is 0 Å². The normalized spacial score (nSPS) is 10.5. The van der Waals surface area contributed by atoms with Crippen molar-refractivity contribution in [2.45, 2.75) is 0 Å².